The van der Waals surface area contributed by atoms with E-state index in [0.29, 0.717) is 0 Å². The molecule has 0 spiro atoms. The third kappa shape index (κ3) is 3.23. The maximum Gasteiger partial charge on any atom is -0.00480 e. The first-order chi connectivity index (χ1) is 10.6. The van der Waals surface area contributed by atoms with Crippen LogP contribution in [0, 0.1) is 5.41 Å². The van der Waals surface area contributed by atoms with Crippen molar-refractivity contribution in [3.63, 3.8) is 0 Å². The van der Waals surface area contributed by atoms with Crippen molar-refractivity contribution in [3.05, 3.63) is 83.7 Å². The van der Waals surface area contributed by atoms with Crippen molar-refractivity contribution in [2.24, 2.45) is 5.41 Å². The normalized spacial score (nSPS) is 14.9. The van der Waals surface area contributed by atoms with E-state index >= 15 is 0 Å². The first kappa shape index (κ1) is 15.3. The molecule has 0 N–H and O–H groups in total. The molecule has 0 unspecified atom stereocenters. The molecular formula is C21H23P. The molecule has 1 aliphatic rings. The molecule has 0 atom stereocenters. The van der Waals surface area contributed by atoms with Crippen LogP contribution in [0.2, 0.25) is 0 Å². The van der Waals surface area contributed by atoms with Crippen LogP contribution in [0.4, 0.5) is 0 Å². The van der Waals surface area contributed by atoms with Crippen LogP contribution < -0.4 is 10.6 Å². The highest BCUT2D eigenvalue weighted by molar-refractivity contribution is 7.76. The SMILES string of the molecule is CC(C)(C)C1=CC=C(P(c2ccccc2)c2ccccc2)C1. The molecule has 0 bridgehead atoms. The Bertz CT molecular complexity index is 648. The maximum atomic E-state index is 2.37. The fraction of sp³-hybridized carbons (Fsp3) is 0.238. The van der Waals surface area contributed by atoms with Gasteiger partial charge in [0.05, 0.1) is 0 Å². The molecule has 0 aromatic heterocycles. The van der Waals surface area contributed by atoms with Crippen molar-refractivity contribution < 1.29 is 0 Å². The van der Waals surface area contributed by atoms with E-state index in [-0.39, 0.29) is 5.41 Å². The molecule has 0 saturated carbocycles. The third-order valence-corrected chi connectivity index (χ3v) is 6.64. The Morgan fingerprint density at radius 2 is 1.23 bits per heavy atom. The highest BCUT2D eigenvalue weighted by Gasteiger charge is 2.26. The Labute approximate surface area is 135 Å². The zero-order chi connectivity index (χ0) is 15.6. The fourth-order valence-electron chi connectivity index (χ4n) is 2.81. The van der Waals surface area contributed by atoms with Gasteiger partial charge in [-0.3, -0.25) is 0 Å². The van der Waals surface area contributed by atoms with Crippen LogP contribution in [0.15, 0.2) is 83.7 Å². The summed E-state index contributed by atoms with van der Waals surface area (Å²) in [7, 11) is -0.417. The molecule has 112 valence electrons. The minimum absolute atomic E-state index is 0.257. The van der Waals surface area contributed by atoms with E-state index in [0.717, 1.165) is 6.42 Å². The highest BCUT2D eigenvalue weighted by Crippen LogP contribution is 2.50. The Kier molecular flexibility index (Phi) is 4.32. The predicted molar refractivity (Wildman–Crippen MR) is 99.3 cm³/mol. The second-order valence-electron chi connectivity index (χ2n) is 6.78. The number of hydrogen-bond acceptors (Lipinski definition) is 0. The van der Waals surface area contributed by atoms with Crippen molar-refractivity contribution in [1.29, 1.82) is 0 Å². The summed E-state index contributed by atoms with van der Waals surface area (Å²) in [6, 6.07) is 21.9. The number of hydrogen-bond donors (Lipinski definition) is 0. The molecule has 3 rings (SSSR count). The zero-order valence-electron chi connectivity index (χ0n) is 13.6. The summed E-state index contributed by atoms with van der Waals surface area (Å²) in [5.74, 6) is 0. The largest absolute Gasteiger partial charge is 0.0622 e. The van der Waals surface area contributed by atoms with E-state index in [1.54, 1.807) is 10.9 Å². The lowest BCUT2D eigenvalue weighted by atomic mass is 9.86. The molecule has 0 amide bonds. The molecular weight excluding hydrogens is 283 g/mol. The standard InChI is InChI=1S/C21H23P/c1-21(2,3)17-14-15-20(16-17)22(18-10-6-4-7-11-18)19-12-8-5-9-13-19/h4-15H,16H2,1-3H3. The summed E-state index contributed by atoms with van der Waals surface area (Å²) in [6.07, 6.45) is 5.82. The van der Waals surface area contributed by atoms with Gasteiger partial charge in [-0.2, -0.15) is 0 Å². The van der Waals surface area contributed by atoms with Crippen LogP contribution in [0.3, 0.4) is 0 Å². The van der Waals surface area contributed by atoms with Crippen LogP contribution in [0.25, 0.3) is 0 Å². The first-order valence-corrected chi connectivity index (χ1v) is 9.20. The number of allylic oxidation sites excluding steroid dienone is 4. The molecule has 0 heterocycles. The van der Waals surface area contributed by atoms with Gasteiger partial charge in [-0.15, -0.1) is 0 Å². The van der Waals surface area contributed by atoms with Gasteiger partial charge in [0.25, 0.3) is 0 Å². The van der Waals surface area contributed by atoms with Gasteiger partial charge in [-0.05, 0) is 35.7 Å². The van der Waals surface area contributed by atoms with Crippen LogP contribution in [0.5, 0.6) is 0 Å². The molecule has 0 fully saturated rings. The average molecular weight is 306 g/mol. The van der Waals surface area contributed by atoms with Gasteiger partial charge >= 0.3 is 0 Å². The van der Waals surface area contributed by atoms with E-state index in [1.165, 1.54) is 10.6 Å². The minimum Gasteiger partial charge on any atom is -0.0622 e. The van der Waals surface area contributed by atoms with Crippen molar-refractivity contribution in [3.8, 4) is 0 Å². The van der Waals surface area contributed by atoms with Crippen molar-refractivity contribution in [1.82, 2.24) is 0 Å². The van der Waals surface area contributed by atoms with Gasteiger partial charge in [-0.25, -0.2) is 0 Å². The number of rotatable bonds is 3. The van der Waals surface area contributed by atoms with Crippen molar-refractivity contribution in [2.45, 2.75) is 27.2 Å². The molecule has 0 aliphatic heterocycles. The summed E-state index contributed by atoms with van der Waals surface area (Å²) in [5, 5.41) is 4.45. The molecule has 0 nitrogen and oxygen atoms in total. The monoisotopic (exact) mass is 306 g/mol. The molecule has 1 aliphatic carbocycles. The summed E-state index contributed by atoms with van der Waals surface area (Å²) in [5.41, 5.74) is 1.80. The molecule has 22 heavy (non-hydrogen) atoms. The predicted octanol–water partition coefficient (Wildman–Crippen LogP) is 5.38. The fourth-order valence-corrected chi connectivity index (χ4v) is 5.27. The Morgan fingerprint density at radius 1 is 0.727 bits per heavy atom. The van der Waals surface area contributed by atoms with E-state index in [1.807, 2.05) is 0 Å². The topological polar surface area (TPSA) is 0 Å². The lowest BCUT2D eigenvalue weighted by molar-refractivity contribution is 0.496. The zero-order valence-corrected chi connectivity index (χ0v) is 14.5. The van der Waals surface area contributed by atoms with E-state index in [2.05, 4.69) is 93.6 Å². The van der Waals surface area contributed by atoms with Crippen LogP contribution in [-0.2, 0) is 0 Å². The van der Waals surface area contributed by atoms with Gasteiger partial charge in [0, 0.05) is 0 Å². The second kappa shape index (κ2) is 6.23. The Morgan fingerprint density at radius 3 is 1.64 bits per heavy atom. The Balaban J connectivity index is 1.96. The summed E-state index contributed by atoms with van der Waals surface area (Å²) in [4.78, 5) is 0. The highest BCUT2D eigenvalue weighted by atomic mass is 31.1. The van der Waals surface area contributed by atoms with Gasteiger partial charge in [0.15, 0.2) is 0 Å². The molecule has 2 aromatic rings. The van der Waals surface area contributed by atoms with Gasteiger partial charge in [0.2, 0.25) is 0 Å². The summed E-state index contributed by atoms with van der Waals surface area (Å²) < 4.78 is 0. The quantitative estimate of drug-likeness (QED) is 0.668. The summed E-state index contributed by atoms with van der Waals surface area (Å²) in [6.45, 7) is 6.93. The molecule has 2 aromatic carbocycles. The lowest BCUT2D eigenvalue weighted by Gasteiger charge is -2.25. The first-order valence-electron chi connectivity index (χ1n) is 7.86. The van der Waals surface area contributed by atoms with E-state index in [4.69, 9.17) is 0 Å². The van der Waals surface area contributed by atoms with Crippen LogP contribution in [-0.4, -0.2) is 0 Å². The number of benzene rings is 2. The lowest BCUT2D eigenvalue weighted by Crippen LogP contribution is -2.14. The average Bonchev–Trinajstić information content (AvgIpc) is 2.99. The smallest absolute Gasteiger partial charge is 0.00480 e. The molecule has 1 heteroatoms. The van der Waals surface area contributed by atoms with Gasteiger partial charge in [0.1, 0.15) is 0 Å². The van der Waals surface area contributed by atoms with Crippen LogP contribution >= 0.6 is 7.92 Å². The van der Waals surface area contributed by atoms with Crippen LogP contribution in [0.1, 0.15) is 27.2 Å². The molecule has 0 radical (unpaired) electrons. The van der Waals surface area contributed by atoms with E-state index < -0.39 is 7.92 Å². The third-order valence-electron chi connectivity index (χ3n) is 4.13. The Hall–Kier alpha value is -1.65. The van der Waals surface area contributed by atoms with Crippen molar-refractivity contribution in [2.75, 3.05) is 0 Å². The van der Waals surface area contributed by atoms with E-state index in [9.17, 15) is 0 Å². The second-order valence-corrected chi connectivity index (χ2v) is 9.06. The van der Waals surface area contributed by atoms with Crippen molar-refractivity contribution >= 4 is 18.5 Å². The van der Waals surface area contributed by atoms with Gasteiger partial charge in [-0.1, -0.05) is 99.2 Å². The van der Waals surface area contributed by atoms with Gasteiger partial charge < -0.3 is 0 Å². The molecule has 0 saturated heterocycles. The minimum atomic E-state index is -0.417. The maximum absolute atomic E-state index is 2.37. The summed E-state index contributed by atoms with van der Waals surface area (Å²) >= 11 is 0.